The van der Waals surface area contributed by atoms with Gasteiger partial charge < -0.3 is 15.1 Å². The molecule has 1 heterocycles. The van der Waals surface area contributed by atoms with E-state index >= 15 is 0 Å². The lowest BCUT2D eigenvalue weighted by Gasteiger charge is -2.36. The van der Waals surface area contributed by atoms with E-state index in [1.54, 1.807) is 0 Å². The average molecular weight is 679 g/mol. The maximum atomic E-state index is 13.5. The molecule has 0 aliphatic carbocycles. The van der Waals surface area contributed by atoms with Crippen molar-refractivity contribution in [1.29, 1.82) is 0 Å². The molecule has 0 saturated heterocycles. The van der Waals surface area contributed by atoms with E-state index in [0.29, 0.717) is 17.5 Å². The van der Waals surface area contributed by atoms with Gasteiger partial charge in [-0.05, 0) is 66.8 Å². The summed E-state index contributed by atoms with van der Waals surface area (Å²) in [6.45, 7) is 1.27. The molecule has 3 aromatic carbocycles. The Hall–Kier alpha value is -4.02. The third kappa shape index (κ3) is 8.18. The molecule has 13 nitrogen and oxygen atoms in total. The quantitative estimate of drug-likeness (QED) is 0.188. The van der Waals surface area contributed by atoms with Crippen LogP contribution in [0.2, 0.25) is 5.02 Å². The molecule has 0 radical (unpaired) electrons. The van der Waals surface area contributed by atoms with Crippen LogP contribution in [0, 0.1) is 0 Å². The van der Waals surface area contributed by atoms with Crippen LogP contribution in [0.15, 0.2) is 76.5 Å². The van der Waals surface area contributed by atoms with Gasteiger partial charge in [0.15, 0.2) is 0 Å². The number of hydrogen-bond donors (Lipinski definition) is 5. The van der Waals surface area contributed by atoms with Crippen LogP contribution in [0.5, 0.6) is 0 Å². The molecule has 4 rings (SSSR count). The van der Waals surface area contributed by atoms with Gasteiger partial charge >= 0.3 is 11.9 Å². The predicted octanol–water partition coefficient (Wildman–Crippen LogP) is 2.19. The molecule has 3 aromatic rings. The molecule has 240 valence electrons. The Morgan fingerprint density at radius 3 is 2.31 bits per heavy atom. The number of rotatable bonds is 12. The van der Waals surface area contributed by atoms with Crippen molar-refractivity contribution in [3.8, 4) is 0 Å². The number of nitrogens with two attached hydrogens (primary N) is 1. The van der Waals surface area contributed by atoms with E-state index in [4.69, 9.17) is 16.7 Å². The van der Waals surface area contributed by atoms with E-state index in [0.717, 1.165) is 28.7 Å². The van der Waals surface area contributed by atoms with Crippen molar-refractivity contribution in [2.75, 3.05) is 4.72 Å². The van der Waals surface area contributed by atoms with Crippen molar-refractivity contribution in [2.24, 2.45) is 5.14 Å². The van der Waals surface area contributed by atoms with Gasteiger partial charge in [0, 0.05) is 18.7 Å². The van der Waals surface area contributed by atoms with Gasteiger partial charge in [-0.3, -0.25) is 19.6 Å². The number of sulfonamides is 2. The first-order valence-electron chi connectivity index (χ1n) is 13.6. The molecule has 0 unspecified atom stereocenters. The Morgan fingerprint density at radius 2 is 1.69 bits per heavy atom. The molecule has 0 fully saturated rings. The number of anilines is 1. The molecular weight excluding hydrogens is 648 g/mol. The number of fused-ring (bicyclic) bond motifs is 1. The molecule has 6 N–H and O–H groups in total. The van der Waals surface area contributed by atoms with E-state index < -0.39 is 65.8 Å². The fraction of sp³-hybridized carbons (Fsp3) is 0.276. The normalized spacial score (nSPS) is 16.3. The Bertz CT molecular complexity index is 1840. The number of carbonyl (C=O) groups is 3. The van der Waals surface area contributed by atoms with Crippen LogP contribution in [0.25, 0.3) is 0 Å². The number of hydrogen-bond acceptors (Lipinski definition) is 8. The molecule has 0 spiro atoms. The molecule has 0 bridgehead atoms. The van der Waals surface area contributed by atoms with Crippen molar-refractivity contribution >= 4 is 55.2 Å². The number of aliphatic carboxylic acids is 2. The van der Waals surface area contributed by atoms with Crippen LogP contribution in [0.1, 0.15) is 30.0 Å². The monoisotopic (exact) mass is 678 g/mol. The van der Waals surface area contributed by atoms with Gasteiger partial charge in [-0.1, -0.05) is 48.0 Å². The summed E-state index contributed by atoms with van der Waals surface area (Å²) in [6.07, 6.45) is 0.567. The van der Waals surface area contributed by atoms with Gasteiger partial charge in [0.1, 0.15) is 17.0 Å². The number of halogens is 1. The zero-order valence-corrected chi connectivity index (χ0v) is 26.3. The summed E-state index contributed by atoms with van der Waals surface area (Å²) in [4.78, 5) is 37.8. The number of benzene rings is 3. The van der Waals surface area contributed by atoms with E-state index in [-0.39, 0.29) is 30.1 Å². The van der Waals surface area contributed by atoms with Crippen LogP contribution >= 0.6 is 11.6 Å². The van der Waals surface area contributed by atoms with Crippen molar-refractivity contribution in [2.45, 2.75) is 60.6 Å². The molecule has 1 amide bonds. The summed E-state index contributed by atoms with van der Waals surface area (Å²) in [5.74, 6) is -3.04. The van der Waals surface area contributed by atoms with E-state index in [9.17, 15) is 41.4 Å². The number of aryl methyl sites for hydroxylation is 1. The van der Waals surface area contributed by atoms with Crippen molar-refractivity contribution in [1.82, 2.24) is 10.2 Å². The number of nitrogens with zero attached hydrogens (tertiary/aromatic N) is 1. The minimum Gasteiger partial charge on any atom is -0.480 e. The maximum absolute atomic E-state index is 13.5. The van der Waals surface area contributed by atoms with Gasteiger partial charge in [-0.2, -0.15) is 0 Å². The summed E-state index contributed by atoms with van der Waals surface area (Å²) >= 11 is 5.87. The first-order chi connectivity index (χ1) is 21.1. The second-order valence-corrected chi connectivity index (χ2v) is 14.2. The molecule has 16 heteroatoms. The third-order valence-corrected chi connectivity index (χ3v) is 10.1. The molecule has 1 aliphatic heterocycles. The van der Waals surface area contributed by atoms with Crippen LogP contribution in [0.4, 0.5) is 5.69 Å². The molecule has 3 atom stereocenters. The van der Waals surface area contributed by atoms with Crippen LogP contribution in [-0.4, -0.2) is 67.9 Å². The first-order valence-corrected chi connectivity index (χ1v) is 17.0. The van der Waals surface area contributed by atoms with Crippen molar-refractivity contribution < 1.29 is 41.4 Å². The zero-order valence-electron chi connectivity index (χ0n) is 23.9. The number of carboxylic acid groups (broad SMARTS) is 2. The van der Waals surface area contributed by atoms with Gasteiger partial charge in [-0.15, -0.1) is 0 Å². The zero-order chi connectivity index (χ0) is 33.1. The molecule has 0 aromatic heterocycles. The number of carbonyl (C=O) groups excluding carboxylic acids is 1. The highest BCUT2D eigenvalue weighted by Crippen LogP contribution is 2.29. The molecule has 0 saturated carbocycles. The lowest BCUT2D eigenvalue weighted by Crippen LogP contribution is -2.56. The van der Waals surface area contributed by atoms with Crippen molar-refractivity contribution in [3.63, 3.8) is 0 Å². The molecule has 45 heavy (non-hydrogen) atoms. The Morgan fingerprint density at radius 1 is 1.00 bits per heavy atom. The van der Waals surface area contributed by atoms with Crippen LogP contribution < -0.4 is 15.2 Å². The topological polar surface area (TPSA) is 213 Å². The summed E-state index contributed by atoms with van der Waals surface area (Å²) in [5, 5.41) is 27.4. The Labute approximate surface area is 265 Å². The first kappa shape index (κ1) is 33.9. The highest BCUT2D eigenvalue weighted by Gasteiger charge is 2.37. The van der Waals surface area contributed by atoms with Crippen LogP contribution in [-0.2, 0) is 53.8 Å². The largest absolute Gasteiger partial charge is 0.480 e. The van der Waals surface area contributed by atoms with Gasteiger partial charge in [-0.25, -0.2) is 26.8 Å². The Balaban J connectivity index is 1.53. The average Bonchev–Trinajstić information content (AvgIpc) is 2.97. The number of primary sulfonamides is 1. The highest BCUT2D eigenvalue weighted by molar-refractivity contribution is 7.93. The Kier molecular flexibility index (Phi) is 10.2. The minimum absolute atomic E-state index is 0.0680. The highest BCUT2D eigenvalue weighted by atomic mass is 35.5. The fourth-order valence-electron chi connectivity index (χ4n) is 5.04. The summed E-state index contributed by atoms with van der Waals surface area (Å²) in [5.41, 5.74) is 2.04. The number of nitrogens with one attached hydrogen (secondary N) is 2. The SMILES string of the molecule is C[C@H](N[C@@H](CCc1ccccc1)C(=O)O)C(=O)N1Cc2cc(NS(=O)(=O)c3ccc(Cl)c(S(N)(=O)=O)c3)ccc2C[C@H]1C(=O)O. The summed E-state index contributed by atoms with van der Waals surface area (Å²) in [6, 6.07) is 13.3. The van der Waals surface area contributed by atoms with Gasteiger partial charge in [0.25, 0.3) is 10.0 Å². The number of amides is 1. The smallest absolute Gasteiger partial charge is 0.326 e. The lowest BCUT2D eigenvalue weighted by molar-refractivity contribution is -0.152. The third-order valence-electron chi connectivity index (χ3n) is 7.36. The predicted molar refractivity (Wildman–Crippen MR) is 165 cm³/mol. The minimum atomic E-state index is -4.32. The summed E-state index contributed by atoms with van der Waals surface area (Å²) in [7, 11) is -8.63. The second kappa shape index (κ2) is 13.5. The summed E-state index contributed by atoms with van der Waals surface area (Å²) < 4.78 is 52.1. The second-order valence-electron chi connectivity index (χ2n) is 10.6. The van der Waals surface area contributed by atoms with Crippen molar-refractivity contribution in [3.05, 3.63) is 88.4 Å². The molecular formula is C29H31ClN4O9S2. The van der Waals surface area contributed by atoms with E-state index in [1.807, 2.05) is 30.3 Å². The lowest BCUT2D eigenvalue weighted by atomic mass is 9.93. The number of carboxylic acids is 2. The van der Waals surface area contributed by atoms with Gasteiger partial charge in [0.05, 0.1) is 16.0 Å². The standard InChI is InChI=1S/C29H31ClN4O9S2/c1-17(32-24(28(36)37)12-7-18-5-3-2-4-6-18)27(35)34-16-20-13-21(9-8-19(20)14-25(34)29(38)39)33-45(42,43)22-10-11-23(30)26(15-22)44(31,40)41/h2-6,8-11,13,15,17,24-25,32-33H,7,12,14,16H2,1H3,(H,36,37)(H,38,39)(H2,31,40,41)/t17-,24-,25-/m0/s1. The molecule has 1 aliphatic rings. The van der Waals surface area contributed by atoms with Crippen LogP contribution in [0.3, 0.4) is 0 Å². The van der Waals surface area contributed by atoms with E-state index in [1.165, 1.54) is 25.1 Å². The van der Waals surface area contributed by atoms with E-state index in [2.05, 4.69) is 10.0 Å². The van der Waals surface area contributed by atoms with Gasteiger partial charge in [0.2, 0.25) is 15.9 Å². The maximum Gasteiger partial charge on any atom is 0.326 e. The fourth-order valence-corrected chi connectivity index (χ4v) is 7.26.